The smallest absolute Gasteiger partial charge is 0.338 e. The van der Waals surface area contributed by atoms with Crippen molar-refractivity contribution in [3.63, 3.8) is 0 Å². The highest BCUT2D eigenvalue weighted by Crippen LogP contribution is 2.21. The highest BCUT2D eigenvalue weighted by molar-refractivity contribution is 7.99. The molecule has 3 rings (SSSR count). The lowest BCUT2D eigenvalue weighted by atomic mass is 10.1. The van der Waals surface area contributed by atoms with Crippen molar-refractivity contribution in [2.45, 2.75) is 24.7 Å². The molecule has 31 heavy (non-hydrogen) atoms. The Balaban J connectivity index is 1.68. The summed E-state index contributed by atoms with van der Waals surface area (Å²) < 4.78 is 5.05. The number of esters is 1. The number of thioether (sulfide) groups is 1. The number of hydrogen-bond acceptors (Lipinski definition) is 4. The average Bonchev–Trinajstić information content (AvgIpc) is 2.81. The second-order valence-electron chi connectivity index (χ2n) is 6.99. The molecule has 5 heteroatoms. The molecule has 4 nitrogen and oxygen atoms in total. The predicted octanol–water partition coefficient (Wildman–Crippen LogP) is 5.62. The number of hydrogen-bond donors (Lipinski definition) is 0. The molecule has 160 valence electrons. The van der Waals surface area contributed by atoms with Crippen molar-refractivity contribution in [3.8, 4) is 0 Å². The Morgan fingerprint density at radius 1 is 0.871 bits per heavy atom. The summed E-state index contributed by atoms with van der Waals surface area (Å²) in [5, 5.41) is 0. The quantitative estimate of drug-likeness (QED) is 0.236. The van der Waals surface area contributed by atoms with Gasteiger partial charge < -0.3 is 9.64 Å². The summed E-state index contributed by atoms with van der Waals surface area (Å²) in [6.45, 7) is 2.73. The maximum absolute atomic E-state index is 13.1. The van der Waals surface area contributed by atoms with Gasteiger partial charge in [-0.3, -0.25) is 4.79 Å². The number of ether oxygens (including phenoxy) is 1. The first-order valence-corrected chi connectivity index (χ1v) is 11.4. The van der Waals surface area contributed by atoms with E-state index in [0.717, 1.165) is 23.4 Å². The number of benzene rings is 3. The van der Waals surface area contributed by atoms with Crippen molar-refractivity contribution in [3.05, 3.63) is 96.1 Å². The van der Waals surface area contributed by atoms with E-state index in [9.17, 15) is 9.59 Å². The van der Waals surface area contributed by atoms with Gasteiger partial charge in [-0.2, -0.15) is 0 Å². The van der Waals surface area contributed by atoms with Crippen LogP contribution in [0.15, 0.2) is 89.8 Å². The van der Waals surface area contributed by atoms with E-state index in [-0.39, 0.29) is 11.9 Å². The highest BCUT2D eigenvalue weighted by Gasteiger charge is 2.17. The van der Waals surface area contributed by atoms with Gasteiger partial charge in [0.1, 0.15) is 0 Å². The second kappa shape index (κ2) is 12.0. The molecule has 0 aliphatic rings. The summed E-state index contributed by atoms with van der Waals surface area (Å²) in [5.74, 6) is 0.607. The monoisotopic (exact) mass is 433 g/mol. The fraction of sp³-hybridized carbons (Fsp3) is 0.231. The minimum Gasteiger partial charge on any atom is -0.462 e. The lowest BCUT2D eigenvalue weighted by molar-refractivity contribution is -0.118. The Labute approximate surface area is 188 Å². The van der Waals surface area contributed by atoms with Crippen molar-refractivity contribution in [2.75, 3.05) is 23.8 Å². The number of amides is 1. The molecule has 0 radical (unpaired) electrons. The van der Waals surface area contributed by atoms with Gasteiger partial charge >= 0.3 is 5.97 Å². The van der Waals surface area contributed by atoms with Gasteiger partial charge in [-0.15, -0.1) is 11.8 Å². The molecule has 0 aliphatic carbocycles. The molecular weight excluding hydrogens is 406 g/mol. The maximum atomic E-state index is 13.1. The topological polar surface area (TPSA) is 46.6 Å². The summed E-state index contributed by atoms with van der Waals surface area (Å²) in [6, 6.07) is 27.1. The zero-order valence-corrected chi connectivity index (χ0v) is 18.5. The third-order valence-electron chi connectivity index (χ3n) is 4.73. The van der Waals surface area contributed by atoms with Gasteiger partial charge in [0, 0.05) is 17.1 Å². The van der Waals surface area contributed by atoms with Gasteiger partial charge in [-0.25, -0.2) is 4.79 Å². The lowest BCUT2D eigenvalue weighted by Crippen LogP contribution is -2.33. The SMILES string of the molecule is CCOC(=O)c1ccc(N(CCCSc2ccccc2)C(=O)Cc2ccccc2)cc1. The van der Waals surface area contributed by atoms with Crippen LogP contribution in [0.2, 0.25) is 0 Å². The number of carbonyl (C=O) groups excluding carboxylic acids is 2. The van der Waals surface area contributed by atoms with Crippen LogP contribution in [0.3, 0.4) is 0 Å². The van der Waals surface area contributed by atoms with Gasteiger partial charge in [-0.05, 0) is 61.1 Å². The number of carbonyl (C=O) groups is 2. The van der Waals surface area contributed by atoms with Crippen LogP contribution in [0.25, 0.3) is 0 Å². The molecule has 0 unspecified atom stereocenters. The first-order chi connectivity index (χ1) is 15.2. The number of rotatable bonds is 10. The number of nitrogens with zero attached hydrogens (tertiary/aromatic N) is 1. The Bertz CT molecular complexity index is 959. The molecular formula is C26H27NO3S. The largest absolute Gasteiger partial charge is 0.462 e. The Kier molecular flexibility index (Phi) is 8.73. The molecule has 0 aromatic heterocycles. The summed E-state index contributed by atoms with van der Waals surface area (Å²) in [6.07, 6.45) is 1.20. The fourth-order valence-corrected chi connectivity index (χ4v) is 4.04. The fourth-order valence-electron chi connectivity index (χ4n) is 3.18. The predicted molar refractivity (Wildman–Crippen MR) is 127 cm³/mol. The molecule has 0 saturated heterocycles. The normalized spacial score (nSPS) is 10.5. The molecule has 3 aromatic carbocycles. The van der Waals surface area contributed by atoms with E-state index in [1.165, 1.54) is 4.90 Å². The molecule has 0 bridgehead atoms. The molecule has 0 spiro atoms. The third kappa shape index (κ3) is 7.00. The summed E-state index contributed by atoms with van der Waals surface area (Å²) in [5.41, 5.74) is 2.26. The third-order valence-corrected chi connectivity index (χ3v) is 5.83. The van der Waals surface area contributed by atoms with E-state index in [0.29, 0.717) is 25.1 Å². The van der Waals surface area contributed by atoms with E-state index in [4.69, 9.17) is 4.74 Å². The first-order valence-electron chi connectivity index (χ1n) is 10.5. The Morgan fingerprint density at radius 2 is 1.52 bits per heavy atom. The first kappa shape index (κ1) is 22.6. The molecule has 0 saturated carbocycles. The molecule has 0 atom stereocenters. The van der Waals surface area contributed by atoms with Crippen molar-refractivity contribution in [1.82, 2.24) is 0 Å². The van der Waals surface area contributed by atoms with Gasteiger partial charge in [-0.1, -0.05) is 48.5 Å². The van der Waals surface area contributed by atoms with Crippen LogP contribution in [0.4, 0.5) is 5.69 Å². The van der Waals surface area contributed by atoms with Crippen molar-refractivity contribution in [2.24, 2.45) is 0 Å². The van der Waals surface area contributed by atoms with E-state index in [1.807, 2.05) is 65.6 Å². The maximum Gasteiger partial charge on any atom is 0.338 e. The molecule has 1 amide bonds. The van der Waals surface area contributed by atoms with Crippen LogP contribution in [0, 0.1) is 0 Å². The van der Waals surface area contributed by atoms with Crippen LogP contribution < -0.4 is 4.90 Å². The minimum atomic E-state index is -0.351. The van der Waals surface area contributed by atoms with E-state index in [2.05, 4.69) is 12.1 Å². The van der Waals surface area contributed by atoms with Crippen LogP contribution in [-0.4, -0.2) is 30.8 Å². The van der Waals surface area contributed by atoms with Gasteiger partial charge in [0.25, 0.3) is 0 Å². The summed E-state index contributed by atoms with van der Waals surface area (Å²) in [7, 11) is 0. The van der Waals surface area contributed by atoms with E-state index >= 15 is 0 Å². The standard InChI is InChI=1S/C26H27NO3S/c1-2-30-26(29)22-14-16-23(17-15-22)27(25(28)20-21-10-5-3-6-11-21)18-9-19-31-24-12-7-4-8-13-24/h3-8,10-17H,2,9,18-20H2,1H3. The molecule has 0 aliphatic heterocycles. The second-order valence-corrected chi connectivity index (χ2v) is 8.16. The average molecular weight is 434 g/mol. The minimum absolute atomic E-state index is 0.0415. The molecule has 0 heterocycles. The Hall–Kier alpha value is -3.05. The van der Waals surface area contributed by atoms with Crippen LogP contribution in [0.5, 0.6) is 0 Å². The van der Waals surface area contributed by atoms with Crippen LogP contribution in [0.1, 0.15) is 29.3 Å². The summed E-state index contributed by atoms with van der Waals surface area (Å²) >= 11 is 1.79. The zero-order valence-electron chi connectivity index (χ0n) is 17.7. The van der Waals surface area contributed by atoms with Gasteiger partial charge in [0.15, 0.2) is 0 Å². The summed E-state index contributed by atoms with van der Waals surface area (Å²) in [4.78, 5) is 28.1. The van der Waals surface area contributed by atoms with Crippen molar-refractivity contribution in [1.29, 1.82) is 0 Å². The molecule has 3 aromatic rings. The van der Waals surface area contributed by atoms with Crippen molar-refractivity contribution >= 4 is 29.3 Å². The van der Waals surface area contributed by atoms with E-state index < -0.39 is 0 Å². The van der Waals surface area contributed by atoms with Crippen LogP contribution >= 0.6 is 11.8 Å². The van der Waals surface area contributed by atoms with E-state index in [1.54, 1.807) is 30.8 Å². The zero-order chi connectivity index (χ0) is 21.9. The van der Waals surface area contributed by atoms with Crippen LogP contribution in [-0.2, 0) is 16.0 Å². The van der Waals surface area contributed by atoms with Crippen molar-refractivity contribution < 1.29 is 14.3 Å². The highest BCUT2D eigenvalue weighted by atomic mass is 32.2. The number of anilines is 1. The van der Waals surface area contributed by atoms with Gasteiger partial charge in [0.2, 0.25) is 5.91 Å². The lowest BCUT2D eigenvalue weighted by Gasteiger charge is -2.23. The Morgan fingerprint density at radius 3 is 2.16 bits per heavy atom. The van der Waals surface area contributed by atoms with Gasteiger partial charge in [0.05, 0.1) is 18.6 Å². The molecule has 0 fully saturated rings. The molecule has 0 N–H and O–H groups in total.